The number of aryl methyl sites for hydroxylation is 1. The average molecular weight is 300 g/mol. The predicted octanol–water partition coefficient (Wildman–Crippen LogP) is 3.22. The van der Waals surface area contributed by atoms with Crippen LogP contribution in [0.25, 0.3) is 0 Å². The number of benzene rings is 1. The molecule has 0 aliphatic carbocycles. The average Bonchev–Trinajstić information content (AvgIpc) is 2.58. The second-order valence-electron chi connectivity index (χ2n) is 6.92. The van der Waals surface area contributed by atoms with Gasteiger partial charge in [-0.1, -0.05) is 29.8 Å². The van der Waals surface area contributed by atoms with Gasteiger partial charge in [0.05, 0.1) is 0 Å². The summed E-state index contributed by atoms with van der Waals surface area (Å²) < 4.78 is 0. The van der Waals surface area contributed by atoms with Crippen molar-refractivity contribution in [3.63, 3.8) is 0 Å². The van der Waals surface area contributed by atoms with Crippen LogP contribution >= 0.6 is 0 Å². The van der Waals surface area contributed by atoms with Gasteiger partial charge in [-0.2, -0.15) is 0 Å². The number of amides is 1. The zero-order valence-electron chi connectivity index (χ0n) is 13.8. The van der Waals surface area contributed by atoms with Crippen LogP contribution in [0.2, 0.25) is 0 Å². The highest BCUT2D eigenvalue weighted by Crippen LogP contribution is 2.23. The molecule has 2 fully saturated rings. The molecule has 0 atom stereocenters. The molecule has 0 unspecified atom stereocenters. The summed E-state index contributed by atoms with van der Waals surface area (Å²) in [5, 5.41) is 0. The number of likely N-dealkylation sites (tertiary alicyclic amines) is 2. The van der Waals surface area contributed by atoms with Crippen LogP contribution in [-0.4, -0.2) is 41.9 Å². The van der Waals surface area contributed by atoms with Gasteiger partial charge in [0.25, 0.3) is 0 Å². The van der Waals surface area contributed by atoms with E-state index in [1.807, 2.05) is 0 Å². The lowest BCUT2D eigenvalue weighted by molar-refractivity contribution is -0.138. The molecule has 0 bridgehead atoms. The first-order valence-electron chi connectivity index (χ1n) is 8.79. The van der Waals surface area contributed by atoms with Crippen LogP contribution in [-0.2, 0) is 11.3 Å². The quantitative estimate of drug-likeness (QED) is 0.856. The van der Waals surface area contributed by atoms with Crippen molar-refractivity contribution in [2.75, 3.05) is 26.2 Å². The van der Waals surface area contributed by atoms with Crippen molar-refractivity contribution >= 4 is 5.91 Å². The lowest BCUT2D eigenvalue weighted by Crippen LogP contribution is -2.44. The summed E-state index contributed by atoms with van der Waals surface area (Å²) in [5.74, 6) is 0.696. The monoisotopic (exact) mass is 300 g/mol. The number of nitrogens with zero attached hydrogens (tertiary/aromatic N) is 2. The number of hydrogen-bond acceptors (Lipinski definition) is 2. The Balaban J connectivity index is 1.47. The van der Waals surface area contributed by atoms with E-state index in [2.05, 4.69) is 41.0 Å². The van der Waals surface area contributed by atoms with E-state index in [-0.39, 0.29) is 5.92 Å². The third-order valence-corrected chi connectivity index (χ3v) is 5.13. The van der Waals surface area contributed by atoms with Crippen LogP contribution in [0.15, 0.2) is 24.3 Å². The van der Waals surface area contributed by atoms with E-state index in [0.29, 0.717) is 5.91 Å². The normalized spacial score (nSPS) is 21.0. The van der Waals surface area contributed by atoms with E-state index in [0.717, 1.165) is 45.6 Å². The van der Waals surface area contributed by atoms with Crippen molar-refractivity contribution in [2.24, 2.45) is 5.92 Å². The Kier molecular flexibility index (Phi) is 5.14. The maximum absolute atomic E-state index is 12.6. The topological polar surface area (TPSA) is 23.6 Å². The van der Waals surface area contributed by atoms with E-state index in [9.17, 15) is 4.79 Å². The molecule has 2 saturated heterocycles. The zero-order chi connectivity index (χ0) is 15.4. The number of piperidine rings is 2. The predicted molar refractivity (Wildman–Crippen MR) is 89.6 cm³/mol. The summed E-state index contributed by atoms with van der Waals surface area (Å²) >= 11 is 0. The fourth-order valence-electron chi connectivity index (χ4n) is 3.66. The first-order chi connectivity index (χ1) is 10.7. The standard InChI is InChI=1S/C19H28N2O/c1-16-5-7-17(8-6-16)15-20-13-9-18(10-14-20)19(22)21-11-3-2-4-12-21/h5-8,18H,2-4,9-15H2,1H3. The summed E-state index contributed by atoms with van der Waals surface area (Å²) in [7, 11) is 0. The molecular weight excluding hydrogens is 272 g/mol. The molecule has 2 aliphatic rings. The van der Waals surface area contributed by atoms with Crippen molar-refractivity contribution < 1.29 is 4.79 Å². The minimum atomic E-state index is 0.271. The fourth-order valence-corrected chi connectivity index (χ4v) is 3.66. The summed E-state index contributed by atoms with van der Waals surface area (Å²) in [6.07, 6.45) is 5.73. The summed E-state index contributed by atoms with van der Waals surface area (Å²) in [4.78, 5) is 17.2. The molecule has 2 aliphatic heterocycles. The van der Waals surface area contributed by atoms with Crippen LogP contribution in [0.3, 0.4) is 0 Å². The Morgan fingerprint density at radius 1 is 1.00 bits per heavy atom. The largest absolute Gasteiger partial charge is 0.342 e. The number of rotatable bonds is 3. The van der Waals surface area contributed by atoms with Crippen LogP contribution in [0.1, 0.15) is 43.2 Å². The molecule has 22 heavy (non-hydrogen) atoms. The maximum Gasteiger partial charge on any atom is 0.225 e. The van der Waals surface area contributed by atoms with Crippen LogP contribution in [0, 0.1) is 12.8 Å². The van der Waals surface area contributed by atoms with Crippen molar-refractivity contribution in [1.29, 1.82) is 0 Å². The first kappa shape index (κ1) is 15.5. The highest BCUT2D eigenvalue weighted by molar-refractivity contribution is 5.79. The molecule has 3 nitrogen and oxygen atoms in total. The SMILES string of the molecule is Cc1ccc(CN2CCC(C(=O)N3CCCCC3)CC2)cc1. The van der Waals surface area contributed by atoms with Crippen LogP contribution in [0.4, 0.5) is 0 Å². The molecule has 0 aromatic heterocycles. The molecule has 3 heteroatoms. The Labute approximate surface area is 134 Å². The minimum Gasteiger partial charge on any atom is -0.342 e. The van der Waals surface area contributed by atoms with E-state index in [1.54, 1.807) is 0 Å². The molecule has 0 N–H and O–H groups in total. The summed E-state index contributed by atoms with van der Waals surface area (Å²) in [6.45, 7) is 7.23. The minimum absolute atomic E-state index is 0.271. The van der Waals surface area contributed by atoms with Gasteiger partial charge in [0.15, 0.2) is 0 Å². The summed E-state index contributed by atoms with van der Waals surface area (Å²) in [5.41, 5.74) is 2.70. The van der Waals surface area contributed by atoms with Gasteiger partial charge < -0.3 is 4.90 Å². The van der Waals surface area contributed by atoms with Crippen LogP contribution in [0.5, 0.6) is 0 Å². The smallest absolute Gasteiger partial charge is 0.225 e. The Morgan fingerprint density at radius 2 is 1.64 bits per heavy atom. The molecule has 0 spiro atoms. The molecule has 2 heterocycles. The Morgan fingerprint density at radius 3 is 2.27 bits per heavy atom. The second kappa shape index (κ2) is 7.28. The second-order valence-corrected chi connectivity index (χ2v) is 6.92. The maximum atomic E-state index is 12.6. The zero-order valence-corrected chi connectivity index (χ0v) is 13.8. The van der Waals surface area contributed by atoms with E-state index < -0.39 is 0 Å². The van der Waals surface area contributed by atoms with Crippen molar-refractivity contribution in [3.05, 3.63) is 35.4 Å². The fraction of sp³-hybridized carbons (Fsp3) is 0.632. The molecular formula is C19H28N2O. The molecule has 1 amide bonds. The van der Waals surface area contributed by atoms with E-state index >= 15 is 0 Å². The highest BCUT2D eigenvalue weighted by Gasteiger charge is 2.29. The third kappa shape index (κ3) is 3.89. The van der Waals surface area contributed by atoms with Gasteiger partial charge in [0, 0.05) is 25.6 Å². The van der Waals surface area contributed by atoms with Gasteiger partial charge >= 0.3 is 0 Å². The Bertz CT molecular complexity index is 483. The lowest BCUT2D eigenvalue weighted by Gasteiger charge is -2.35. The van der Waals surface area contributed by atoms with Crippen molar-refractivity contribution in [1.82, 2.24) is 9.80 Å². The van der Waals surface area contributed by atoms with Gasteiger partial charge in [-0.3, -0.25) is 9.69 Å². The molecule has 3 rings (SSSR count). The Hall–Kier alpha value is -1.35. The molecule has 1 aromatic carbocycles. The summed E-state index contributed by atoms with van der Waals surface area (Å²) in [6, 6.07) is 8.81. The number of hydrogen-bond donors (Lipinski definition) is 0. The van der Waals surface area contributed by atoms with Crippen LogP contribution < -0.4 is 0 Å². The van der Waals surface area contributed by atoms with Crippen molar-refractivity contribution in [2.45, 2.75) is 45.6 Å². The molecule has 0 radical (unpaired) electrons. The third-order valence-electron chi connectivity index (χ3n) is 5.13. The van der Waals surface area contributed by atoms with Crippen molar-refractivity contribution in [3.8, 4) is 0 Å². The van der Waals surface area contributed by atoms with Gasteiger partial charge in [0.1, 0.15) is 0 Å². The van der Waals surface area contributed by atoms with Gasteiger partial charge in [-0.05, 0) is 57.7 Å². The molecule has 120 valence electrons. The molecule has 1 aromatic rings. The van der Waals surface area contributed by atoms with Gasteiger partial charge in [0.2, 0.25) is 5.91 Å². The number of carbonyl (C=O) groups is 1. The van der Waals surface area contributed by atoms with E-state index in [4.69, 9.17) is 0 Å². The highest BCUT2D eigenvalue weighted by atomic mass is 16.2. The molecule has 0 saturated carbocycles. The first-order valence-corrected chi connectivity index (χ1v) is 8.79. The van der Waals surface area contributed by atoms with E-state index in [1.165, 1.54) is 30.4 Å². The lowest BCUT2D eigenvalue weighted by atomic mass is 9.94. The van der Waals surface area contributed by atoms with Gasteiger partial charge in [-0.15, -0.1) is 0 Å². The number of carbonyl (C=O) groups excluding carboxylic acids is 1. The van der Waals surface area contributed by atoms with Gasteiger partial charge in [-0.25, -0.2) is 0 Å².